The molecule has 330 valence electrons. The minimum atomic E-state index is 1.07. The van der Waals surface area contributed by atoms with Crippen molar-refractivity contribution in [3.8, 4) is 0 Å². The molecule has 9 rings (SSSR count). The highest BCUT2D eigenvalue weighted by atomic mass is 15.2. The van der Waals surface area contributed by atoms with E-state index in [2.05, 4.69) is 304 Å². The lowest BCUT2D eigenvalue weighted by Gasteiger charge is -2.28. The summed E-state index contributed by atoms with van der Waals surface area (Å²) in [6.45, 7) is 8.69. The third kappa shape index (κ3) is 10.6. The van der Waals surface area contributed by atoms with Crippen molar-refractivity contribution >= 4 is 57.4 Å². The molecular formula is C66H56N2. The third-order valence-electron chi connectivity index (χ3n) is 12.6. The fraction of sp³-hybridized carbons (Fsp3) is 0.0606. The lowest BCUT2D eigenvalue weighted by atomic mass is 9.94. The number of anilines is 6. The Balaban J connectivity index is 0.976. The number of aryl methyl sites for hydroxylation is 4. The maximum absolute atomic E-state index is 2.32. The normalized spacial score (nSPS) is 11.9. The SMILES string of the molecule is Cc1ccc(/C(=C/C=C/c2ccc(N(c3ccccc3)c3ccc(N(c4ccccc4)c4ccc(/C=C/C=C(\c5ccccc5)c5ccc(C)c(C)c5)cc4)cc3)cc2)c2ccccc2)cc1C. The van der Waals surface area contributed by atoms with Crippen molar-refractivity contribution < 1.29 is 0 Å². The van der Waals surface area contributed by atoms with Crippen LogP contribution in [0.4, 0.5) is 34.1 Å². The summed E-state index contributed by atoms with van der Waals surface area (Å²) < 4.78 is 0. The molecule has 9 aromatic rings. The largest absolute Gasteiger partial charge is 0.311 e. The molecule has 2 nitrogen and oxygen atoms in total. The Morgan fingerprint density at radius 2 is 0.574 bits per heavy atom. The number of benzene rings is 9. The average molecular weight is 877 g/mol. The fourth-order valence-corrected chi connectivity index (χ4v) is 8.55. The number of nitrogens with zero attached hydrogens (tertiary/aromatic N) is 2. The van der Waals surface area contributed by atoms with Crippen molar-refractivity contribution in [2.75, 3.05) is 9.80 Å². The van der Waals surface area contributed by atoms with Crippen LogP contribution in [-0.2, 0) is 0 Å². The minimum Gasteiger partial charge on any atom is -0.311 e. The molecule has 0 heterocycles. The summed E-state index contributed by atoms with van der Waals surface area (Å²) in [4.78, 5) is 4.63. The molecule has 0 atom stereocenters. The van der Waals surface area contributed by atoms with Crippen LogP contribution in [0.25, 0.3) is 23.3 Å². The van der Waals surface area contributed by atoms with E-state index in [1.54, 1.807) is 0 Å². The van der Waals surface area contributed by atoms with Crippen LogP contribution in [0.1, 0.15) is 55.6 Å². The van der Waals surface area contributed by atoms with Crippen LogP contribution in [0.2, 0.25) is 0 Å². The molecule has 0 unspecified atom stereocenters. The summed E-state index contributed by atoms with van der Waals surface area (Å²) in [6, 6.07) is 82.4. The molecule has 0 amide bonds. The van der Waals surface area contributed by atoms with Crippen molar-refractivity contribution in [1.82, 2.24) is 0 Å². The van der Waals surface area contributed by atoms with Crippen molar-refractivity contribution in [1.29, 1.82) is 0 Å². The highest BCUT2D eigenvalue weighted by molar-refractivity contribution is 5.85. The molecule has 0 aliphatic rings. The van der Waals surface area contributed by atoms with Gasteiger partial charge in [-0.2, -0.15) is 0 Å². The van der Waals surface area contributed by atoms with Gasteiger partial charge in [-0.25, -0.2) is 0 Å². The lowest BCUT2D eigenvalue weighted by molar-refractivity contribution is 1.25. The quantitative estimate of drug-likeness (QED) is 0.100. The highest BCUT2D eigenvalue weighted by Gasteiger charge is 2.16. The topological polar surface area (TPSA) is 6.48 Å². The van der Waals surface area contributed by atoms with Gasteiger partial charge in [-0.1, -0.05) is 194 Å². The van der Waals surface area contributed by atoms with Gasteiger partial charge in [0, 0.05) is 34.1 Å². The van der Waals surface area contributed by atoms with E-state index < -0.39 is 0 Å². The number of allylic oxidation sites excluding steroid dienone is 4. The van der Waals surface area contributed by atoms with Crippen LogP contribution in [0, 0.1) is 27.7 Å². The molecule has 0 saturated heterocycles. The number of para-hydroxylation sites is 2. The van der Waals surface area contributed by atoms with Crippen molar-refractivity contribution in [3.05, 3.63) is 310 Å². The van der Waals surface area contributed by atoms with Gasteiger partial charge in [-0.05, 0) is 167 Å². The molecule has 0 spiro atoms. The third-order valence-corrected chi connectivity index (χ3v) is 12.6. The Kier molecular flexibility index (Phi) is 14.0. The van der Waals surface area contributed by atoms with Gasteiger partial charge >= 0.3 is 0 Å². The van der Waals surface area contributed by atoms with Gasteiger partial charge in [-0.3, -0.25) is 0 Å². The molecule has 9 aromatic carbocycles. The maximum Gasteiger partial charge on any atom is 0.0463 e. The maximum atomic E-state index is 2.32. The smallest absolute Gasteiger partial charge is 0.0463 e. The van der Waals surface area contributed by atoms with Crippen LogP contribution in [0.15, 0.2) is 255 Å². The molecule has 68 heavy (non-hydrogen) atoms. The number of rotatable bonds is 14. The Morgan fingerprint density at radius 3 is 0.897 bits per heavy atom. The highest BCUT2D eigenvalue weighted by Crippen LogP contribution is 2.39. The molecular weight excluding hydrogens is 821 g/mol. The summed E-state index contributed by atoms with van der Waals surface area (Å²) in [6.07, 6.45) is 13.1. The van der Waals surface area contributed by atoms with E-state index in [9.17, 15) is 0 Å². The molecule has 0 fully saturated rings. The van der Waals surface area contributed by atoms with Crippen LogP contribution in [-0.4, -0.2) is 0 Å². The van der Waals surface area contributed by atoms with Crippen LogP contribution < -0.4 is 9.80 Å². The van der Waals surface area contributed by atoms with E-state index in [0.717, 1.165) is 45.3 Å². The van der Waals surface area contributed by atoms with Crippen molar-refractivity contribution in [2.45, 2.75) is 27.7 Å². The Labute approximate surface area is 403 Å². The predicted octanol–water partition coefficient (Wildman–Crippen LogP) is 18.2. The van der Waals surface area contributed by atoms with E-state index in [4.69, 9.17) is 0 Å². The second-order valence-electron chi connectivity index (χ2n) is 17.3. The van der Waals surface area contributed by atoms with Crippen LogP contribution >= 0.6 is 0 Å². The number of hydrogen-bond donors (Lipinski definition) is 0. The van der Waals surface area contributed by atoms with Crippen molar-refractivity contribution in [2.24, 2.45) is 0 Å². The van der Waals surface area contributed by atoms with Crippen LogP contribution in [0.5, 0.6) is 0 Å². The molecule has 0 saturated carbocycles. The lowest BCUT2D eigenvalue weighted by Crippen LogP contribution is -2.12. The minimum absolute atomic E-state index is 1.07. The van der Waals surface area contributed by atoms with E-state index in [1.807, 2.05) is 0 Å². The summed E-state index contributed by atoms with van der Waals surface area (Å²) in [7, 11) is 0. The molecule has 2 heteroatoms. The Hall–Kier alpha value is -8.46. The molecule has 0 N–H and O–H groups in total. The zero-order valence-electron chi connectivity index (χ0n) is 39.3. The molecule has 0 bridgehead atoms. The van der Waals surface area contributed by atoms with Gasteiger partial charge in [0.15, 0.2) is 0 Å². The molecule has 0 aliphatic heterocycles. The average Bonchev–Trinajstić information content (AvgIpc) is 3.39. The standard InChI is InChI=1S/C66H56N2/c1-49-31-37-57(47-51(49)3)65(55-21-9-5-10-22-55)29-17-19-53-33-39-61(40-34-53)67(59-25-13-7-14-26-59)63-43-45-64(46-44-63)68(60-27-15-8-16-28-60)62-41-35-54(36-42-62)20-18-30-66(56-23-11-6-12-24-56)58-38-32-50(2)52(4)48-58/h5-48H,1-4H3/b19-17+,20-18+,65-29+,66-30+. The zero-order valence-corrected chi connectivity index (χ0v) is 39.3. The van der Waals surface area contributed by atoms with Crippen LogP contribution in [0.3, 0.4) is 0 Å². The zero-order chi connectivity index (χ0) is 46.7. The first-order chi connectivity index (χ1) is 33.4. The van der Waals surface area contributed by atoms with E-state index >= 15 is 0 Å². The second kappa shape index (κ2) is 21.2. The van der Waals surface area contributed by atoms with Gasteiger partial charge in [0.05, 0.1) is 0 Å². The van der Waals surface area contributed by atoms with Gasteiger partial charge in [0.2, 0.25) is 0 Å². The Bertz CT molecular complexity index is 2980. The fourth-order valence-electron chi connectivity index (χ4n) is 8.55. The van der Waals surface area contributed by atoms with Gasteiger partial charge in [-0.15, -0.1) is 0 Å². The summed E-state index contributed by atoms with van der Waals surface area (Å²) in [5.41, 5.74) is 21.2. The van der Waals surface area contributed by atoms with E-state index in [-0.39, 0.29) is 0 Å². The monoisotopic (exact) mass is 876 g/mol. The molecule has 0 aliphatic carbocycles. The van der Waals surface area contributed by atoms with Gasteiger partial charge < -0.3 is 9.80 Å². The Morgan fingerprint density at radius 1 is 0.279 bits per heavy atom. The second-order valence-corrected chi connectivity index (χ2v) is 17.3. The summed E-state index contributed by atoms with van der Waals surface area (Å²) in [5.74, 6) is 0. The molecule has 0 radical (unpaired) electrons. The van der Waals surface area contributed by atoms with Crippen molar-refractivity contribution in [3.63, 3.8) is 0 Å². The number of hydrogen-bond acceptors (Lipinski definition) is 2. The van der Waals surface area contributed by atoms with Gasteiger partial charge in [0.25, 0.3) is 0 Å². The first-order valence-electron chi connectivity index (χ1n) is 23.4. The molecule has 0 aromatic heterocycles. The van der Waals surface area contributed by atoms with E-state index in [0.29, 0.717) is 0 Å². The predicted molar refractivity (Wildman–Crippen MR) is 293 cm³/mol. The van der Waals surface area contributed by atoms with Gasteiger partial charge in [0.1, 0.15) is 0 Å². The first kappa shape index (κ1) is 44.7. The first-order valence-corrected chi connectivity index (χ1v) is 23.4. The van der Waals surface area contributed by atoms with E-state index in [1.165, 1.54) is 55.7 Å². The summed E-state index contributed by atoms with van der Waals surface area (Å²) >= 11 is 0. The summed E-state index contributed by atoms with van der Waals surface area (Å²) in [5, 5.41) is 0.